The summed E-state index contributed by atoms with van der Waals surface area (Å²) in [4.78, 5) is 17.2. The molecule has 0 saturated heterocycles. The molecular formula is C33H30F2N6O. The highest BCUT2D eigenvalue weighted by atomic mass is 19.1. The van der Waals surface area contributed by atoms with Crippen LogP contribution >= 0.6 is 0 Å². The third kappa shape index (κ3) is 4.44. The van der Waals surface area contributed by atoms with Crippen molar-refractivity contribution in [2.75, 3.05) is 16.9 Å². The van der Waals surface area contributed by atoms with E-state index in [4.69, 9.17) is 9.72 Å². The van der Waals surface area contributed by atoms with E-state index in [9.17, 15) is 5.26 Å². The number of fused-ring (bicyclic) bond motifs is 1. The fourth-order valence-corrected chi connectivity index (χ4v) is 5.70. The normalized spacial score (nSPS) is 15.5. The summed E-state index contributed by atoms with van der Waals surface area (Å²) in [6, 6.07) is 15.1. The molecule has 0 N–H and O–H groups in total. The molecular weight excluding hydrogens is 534 g/mol. The van der Waals surface area contributed by atoms with Crippen molar-refractivity contribution in [3.05, 3.63) is 102 Å². The fourth-order valence-electron chi connectivity index (χ4n) is 5.70. The number of aromatic nitrogens is 3. The molecule has 1 saturated carbocycles. The average molecular weight is 565 g/mol. The second-order valence-corrected chi connectivity index (χ2v) is 10.7. The van der Waals surface area contributed by atoms with Crippen LogP contribution in [0.4, 0.5) is 26.0 Å². The van der Waals surface area contributed by atoms with E-state index < -0.39 is 17.0 Å². The number of halogens is 2. The molecule has 0 radical (unpaired) electrons. The Hall–Kier alpha value is -4.84. The van der Waals surface area contributed by atoms with Crippen molar-refractivity contribution >= 4 is 17.2 Å². The quantitative estimate of drug-likeness (QED) is 0.232. The van der Waals surface area contributed by atoms with Crippen LogP contribution in [0, 0.1) is 23.0 Å². The second kappa shape index (κ2) is 10.9. The van der Waals surface area contributed by atoms with Gasteiger partial charge in [0.2, 0.25) is 0 Å². The molecule has 6 rings (SSSR count). The third-order valence-corrected chi connectivity index (χ3v) is 8.18. The van der Waals surface area contributed by atoms with Gasteiger partial charge in [0.1, 0.15) is 17.3 Å². The molecule has 4 heterocycles. The lowest BCUT2D eigenvalue weighted by Crippen LogP contribution is -2.38. The van der Waals surface area contributed by atoms with Gasteiger partial charge in [0.05, 0.1) is 42.2 Å². The predicted molar refractivity (Wildman–Crippen MR) is 157 cm³/mol. The van der Waals surface area contributed by atoms with Crippen molar-refractivity contribution in [3.8, 4) is 23.1 Å². The van der Waals surface area contributed by atoms with Crippen molar-refractivity contribution in [1.82, 2.24) is 15.0 Å². The van der Waals surface area contributed by atoms with Gasteiger partial charge >= 0.3 is 0 Å². The van der Waals surface area contributed by atoms with E-state index in [1.165, 1.54) is 18.1 Å². The number of benzene rings is 1. The zero-order chi connectivity index (χ0) is 29.4. The highest BCUT2D eigenvalue weighted by molar-refractivity contribution is 5.79. The summed E-state index contributed by atoms with van der Waals surface area (Å²) in [5, 5.41) is 9.70. The lowest BCUT2D eigenvalue weighted by Gasteiger charge is -2.41. The van der Waals surface area contributed by atoms with Gasteiger partial charge in [-0.25, -0.2) is 13.8 Å². The number of ether oxygens (including phenoxy) is 1. The summed E-state index contributed by atoms with van der Waals surface area (Å²) >= 11 is 0. The standard InChI is InChI=1S/C33H30F2N6O/c1-4-8-22-15-27(42-3)31(35)32(30(22)34)40-19-24-18-38-25(16-26(24)41(21(40)2)29-9-5-6-14-37-29)23-10-11-28(39-17-23)33(20-36)12-7-13-33/h5-6,9-11,14-18H,2,4,7-8,12-13,19H2,1,3H3. The second-order valence-electron chi connectivity index (χ2n) is 10.7. The van der Waals surface area contributed by atoms with Crippen LogP contribution in [0.15, 0.2) is 73.5 Å². The molecule has 3 aromatic heterocycles. The number of aryl methyl sites for hydroxylation is 1. The first-order chi connectivity index (χ1) is 20.4. The Labute approximate surface area is 243 Å². The molecule has 0 bridgehead atoms. The van der Waals surface area contributed by atoms with Crippen molar-refractivity contribution in [3.63, 3.8) is 0 Å². The summed E-state index contributed by atoms with van der Waals surface area (Å²) in [6.45, 7) is 6.36. The van der Waals surface area contributed by atoms with Crippen LogP contribution in [0.2, 0.25) is 0 Å². The number of nitrogens with zero attached hydrogens (tertiary/aromatic N) is 6. The number of rotatable bonds is 7. The number of pyridine rings is 3. The van der Waals surface area contributed by atoms with Crippen LogP contribution in [0.5, 0.6) is 5.75 Å². The van der Waals surface area contributed by atoms with Crippen LogP contribution in [0.3, 0.4) is 0 Å². The lowest BCUT2D eigenvalue weighted by atomic mass is 9.67. The summed E-state index contributed by atoms with van der Waals surface area (Å²) in [6.07, 6.45) is 8.89. The first-order valence-corrected chi connectivity index (χ1v) is 14.0. The third-order valence-electron chi connectivity index (χ3n) is 8.18. The van der Waals surface area contributed by atoms with Crippen LogP contribution < -0.4 is 14.5 Å². The molecule has 1 aliphatic carbocycles. The van der Waals surface area contributed by atoms with Gasteiger partial charge in [-0.15, -0.1) is 0 Å². The predicted octanol–water partition coefficient (Wildman–Crippen LogP) is 7.35. The van der Waals surface area contributed by atoms with Gasteiger partial charge in [0.25, 0.3) is 0 Å². The largest absolute Gasteiger partial charge is 0.494 e. The molecule has 7 nitrogen and oxygen atoms in total. The van der Waals surface area contributed by atoms with E-state index in [0.29, 0.717) is 35.7 Å². The van der Waals surface area contributed by atoms with E-state index in [1.807, 2.05) is 37.3 Å². The van der Waals surface area contributed by atoms with Crippen LogP contribution in [-0.2, 0) is 18.4 Å². The zero-order valence-electron chi connectivity index (χ0n) is 23.6. The molecule has 0 unspecified atom stereocenters. The van der Waals surface area contributed by atoms with Crippen molar-refractivity contribution in [2.45, 2.75) is 51.0 Å². The number of hydrogen-bond acceptors (Lipinski definition) is 7. The number of methoxy groups -OCH3 is 1. The molecule has 212 valence electrons. The van der Waals surface area contributed by atoms with Gasteiger partial charge in [0.15, 0.2) is 17.4 Å². The summed E-state index contributed by atoms with van der Waals surface area (Å²) in [7, 11) is 1.37. The van der Waals surface area contributed by atoms with E-state index in [-0.39, 0.29) is 18.0 Å². The van der Waals surface area contributed by atoms with Crippen molar-refractivity contribution < 1.29 is 13.5 Å². The molecule has 1 aromatic carbocycles. The summed E-state index contributed by atoms with van der Waals surface area (Å²) in [5.41, 5.74) is 3.36. The van der Waals surface area contributed by atoms with E-state index in [1.54, 1.807) is 29.6 Å². The van der Waals surface area contributed by atoms with Gasteiger partial charge < -0.3 is 9.64 Å². The maximum atomic E-state index is 15.9. The van der Waals surface area contributed by atoms with Crippen molar-refractivity contribution in [2.24, 2.45) is 0 Å². The maximum Gasteiger partial charge on any atom is 0.191 e. The Kier molecular flexibility index (Phi) is 7.07. The molecule has 1 fully saturated rings. The van der Waals surface area contributed by atoms with Crippen LogP contribution in [0.25, 0.3) is 11.3 Å². The first kappa shape index (κ1) is 27.3. The lowest BCUT2D eigenvalue weighted by molar-refractivity contribution is 0.316. The fraction of sp³-hybridized carbons (Fsp3) is 0.273. The van der Waals surface area contributed by atoms with E-state index in [2.05, 4.69) is 22.6 Å². The minimum atomic E-state index is -0.794. The number of anilines is 3. The Bertz CT molecular complexity index is 1700. The Morgan fingerprint density at radius 1 is 1.07 bits per heavy atom. The molecule has 0 atom stereocenters. The van der Waals surface area contributed by atoms with Gasteiger partial charge in [-0.2, -0.15) is 5.26 Å². The average Bonchev–Trinajstić information content (AvgIpc) is 2.99. The molecule has 2 aliphatic rings. The van der Waals surface area contributed by atoms with Crippen LogP contribution in [0.1, 0.15) is 49.4 Å². The highest BCUT2D eigenvalue weighted by Crippen LogP contribution is 2.45. The first-order valence-electron chi connectivity index (χ1n) is 14.0. The van der Waals surface area contributed by atoms with Crippen molar-refractivity contribution in [1.29, 1.82) is 5.26 Å². The highest BCUT2D eigenvalue weighted by Gasteiger charge is 2.40. The van der Waals surface area contributed by atoms with Gasteiger partial charge in [-0.05, 0) is 67.6 Å². The number of nitriles is 1. The SMILES string of the molecule is C=C1N(c2c(F)c(CCC)cc(OC)c2F)Cc2cnc(-c3ccc(C4(C#N)CCC4)nc3)cc2N1c1ccccn1. The van der Waals surface area contributed by atoms with E-state index >= 15 is 8.78 Å². The van der Waals surface area contributed by atoms with E-state index in [0.717, 1.165) is 41.8 Å². The Morgan fingerprint density at radius 2 is 1.90 bits per heavy atom. The molecule has 1 aliphatic heterocycles. The summed E-state index contributed by atoms with van der Waals surface area (Å²) in [5.74, 6) is -0.586. The van der Waals surface area contributed by atoms with Gasteiger partial charge in [-0.1, -0.05) is 26.0 Å². The maximum absolute atomic E-state index is 15.9. The summed E-state index contributed by atoms with van der Waals surface area (Å²) < 4.78 is 36.9. The van der Waals surface area contributed by atoms with Gasteiger partial charge in [0, 0.05) is 29.7 Å². The Balaban J connectivity index is 1.45. The van der Waals surface area contributed by atoms with Crippen LogP contribution in [-0.4, -0.2) is 22.1 Å². The molecule has 4 aromatic rings. The topological polar surface area (TPSA) is 78.2 Å². The Morgan fingerprint density at radius 3 is 2.52 bits per heavy atom. The molecule has 0 spiro atoms. The minimum absolute atomic E-state index is 0.0256. The molecule has 9 heteroatoms. The number of hydrogen-bond donors (Lipinski definition) is 0. The molecule has 42 heavy (non-hydrogen) atoms. The monoisotopic (exact) mass is 564 g/mol. The smallest absolute Gasteiger partial charge is 0.191 e. The zero-order valence-corrected chi connectivity index (χ0v) is 23.6. The minimum Gasteiger partial charge on any atom is -0.494 e. The molecule has 0 amide bonds. The van der Waals surface area contributed by atoms with Gasteiger partial charge in [-0.3, -0.25) is 14.9 Å².